The van der Waals surface area contributed by atoms with Gasteiger partial charge in [-0.05, 0) is 12.1 Å². The van der Waals surface area contributed by atoms with Crippen LogP contribution in [-0.2, 0) is 49.3 Å². The second kappa shape index (κ2) is 18.0. The smallest absolute Gasteiger partial charge is 0.295 e. The van der Waals surface area contributed by atoms with Crippen LogP contribution in [0.3, 0.4) is 0 Å². The molecule has 0 saturated carbocycles. The van der Waals surface area contributed by atoms with E-state index in [9.17, 15) is 95.1 Å². The molecule has 0 spiro atoms. The van der Waals surface area contributed by atoms with Crippen LogP contribution in [0.15, 0.2) is 51.1 Å². The molecule has 2 heterocycles. The predicted molar refractivity (Wildman–Crippen MR) is 204 cm³/mol. The molecule has 14 atom stereocenters. The van der Waals surface area contributed by atoms with Gasteiger partial charge in [0.25, 0.3) is 30.4 Å². The molecule has 0 unspecified atom stereocenters. The van der Waals surface area contributed by atoms with Crippen molar-refractivity contribution in [1.82, 2.24) is 0 Å². The Morgan fingerprint density at radius 3 is 1.56 bits per heavy atom. The first-order chi connectivity index (χ1) is 28.8. The Morgan fingerprint density at radius 1 is 0.597 bits per heavy atom. The monoisotopic (exact) mass is 945 g/mol. The second-order valence-electron chi connectivity index (χ2n) is 14.6. The summed E-state index contributed by atoms with van der Waals surface area (Å²) in [6.45, 7) is -3.83. The molecule has 0 radical (unpaired) electrons. The Morgan fingerprint density at radius 2 is 1.06 bits per heavy atom. The molecule has 0 aliphatic carbocycles. The number of nitrogens with one attached hydrogen (secondary N) is 1. The van der Waals surface area contributed by atoms with Crippen molar-refractivity contribution < 1.29 is 114 Å². The normalized spacial score (nSPS) is 29.8. The van der Waals surface area contributed by atoms with Crippen molar-refractivity contribution >= 4 is 68.4 Å². The van der Waals surface area contributed by atoms with E-state index in [1.807, 2.05) is 0 Å². The van der Waals surface area contributed by atoms with Crippen LogP contribution < -0.4 is 5.32 Å². The van der Waals surface area contributed by atoms with Crippen LogP contribution in [-0.4, -0.2) is 207 Å². The molecule has 2 aliphatic rings. The van der Waals surface area contributed by atoms with Gasteiger partial charge in [0, 0.05) is 44.5 Å². The first-order valence-corrected chi connectivity index (χ1v) is 22.5. The summed E-state index contributed by atoms with van der Waals surface area (Å²) in [5.74, 6) is 0. The average Bonchev–Trinajstić information content (AvgIpc) is 3.21. The molecule has 0 amide bonds. The van der Waals surface area contributed by atoms with Gasteiger partial charge in [-0.1, -0.05) is 24.3 Å². The van der Waals surface area contributed by atoms with Gasteiger partial charge in [0.05, 0.1) is 25.9 Å². The fraction of sp³-hybridized carbons (Fsp3) is 0.529. The zero-order chi connectivity index (χ0) is 46.0. The Labute approximate surface area is 350 Å². The lowest BCUT2D eigenvalue weighted by molar-refractivity contribution is -0.367. The third-order valence-corrected chi connectivity index (χ3v) is 13.3. The summed E-state index contributed by atoms with van der Waals surface area (Å²) >= 11 is 0. The summed E-state index contributed by atoms with van der Waals surface area (Å²) in [6, 6.07) is 5.74. The number of ether oxygens (including phenoxy) is 4. The van der Waals surface area contributed by atoms with E-state index in [2.05, 4.69) is 5.32 Å². The number of anilines is 1. The van der Waals surface area contributed by atoms with Crippen LogP contribution in [0.2, 0.25) is 0 Å². The highest BCUT2D eigenvalue weighted by atomic mass is 32.2. The Bertz CT molecular complexity index is 2540. The van der Waals surface area contributed by atoms with Gasteiger partial charge in [-0.3, -0.25) is 13.7 Å². The maximum absolute atomic E-state index is 12.7. The highest BCUT2D eigenvalue weighted by molar-refractivity contribution is 7.87. The molecule has 346 valence electrons. The molecule has 0 aromatic heterocycles. The van der Waals surface area contributed by atoms with Crippen LogP contribution in [0.4, 0.5) is 5.69 Å². The Hall–Kier alpha value is -3.15. The van der Waals surface area contributed by atoms with E-state index in [1.54, 1.807) is 0 Å². The average molecular weight is 946 g/mol. The predicted octanol–water partition coefficient (Wildman–Crippen LogP) is -5.18. The molecule has 4 aromatic carbocycles. The van der Waals surface area contributed by atoms with Crippen LogP contribution >= 0.6 is 0 Å². The third kappa shape index (κ3) is 9.07. The van der Waals surface area contributed by atoms with Gasteiger partial charge >= 0.3 is 0 Å². The fourth-order valence-electron chi connectivity index (χ4n) is 7.56. The SMILES string of the molecule is O=S(=O)(O)c1cc(NC[C@H](O)[C@@H](O)[C@H](O[C@H]2O[C@H](CO)[C@@H](O[C@H]3O[C@H](CO)[C@@H](O)[C@H](O)[C@H]3O)[C@H](O)[C@H]2O)[C@H](O)CO)c2ccc3c(S(=O)(=O)O)cc(S(=O)(=O)O)c4ccc1c2c34. The van der Waals surface area contributed by atoms with Gasteiger partial charge in [0.2, 0.25) is 0 Å². The summed E-state index contributed by atoms with van der Waals surface area (Å²) in [6.07, 6.45) is -27.4. The molecule has 28 heteroatoms. The second-order valence-corrected chi connectivity index (χ2v) is 18.8. The molecular formula is C34H43NO24S3. The lowest BCUT2D eigenvalue weighted by Gasteiger charge is -2.46. The maximum atomic E-state index is 12.7. The summed E-state index contributed by atoms with van der Waals surface area (Å²) in [4.78, 5) is -2.83. The Balaban J connectivity index is 1.29. The van der Waals surface area contributed by atoms with Crippen molar-refractivity contribution in [2.75, 3.05) is 31.7 Å². The van der Waals surface area contributed by atoms with Crippen molar-refractivity contribution in [1.29, 1.82) is 0 Å². The van der Waals surface area contributed by atoms with Crippen LogP contribution in [0.1, 0.15) is 0 Å². The molecule has 4 aromatic rings. The highest BCUT2D eigenvalue weighted by Crippen LogP contribution is 2.44. The fourth-order valence-corrected chi connectivity index (χ4v) is 9.78. The molecule has 6 rings (SSSR count). The number of hydrogen-bond acceptors (Lipinski definition) is 22. The van der Waals surface area contributed by atoms with Crippen molar-refractivity contribution in [2.45, 2.75) is 101 Å². The summed E-state index contributed by atoms with van der Waals surface area (Å²) in [5.41, 5.74) is -0.276. The van der Waals surface area contributed by atoms with Crippen molar-refractivity contribution in [3.8, 4) is 0 Å². The Kier molecular flexibility index (Phi) is 14.0. The molecule has 15 N–H and O–H groups in total. The molecule has 62 heavy (non-hydrogen) atoms. The topological polar surface area (TPSA) is 435 Å². The highest BCUT2D eigenvalue weighted by Gasteiger charge is 2.52. The van der Waals surface area contributed by atoms with E-state index in [4.69, 9.17) is 18.9 Å². The quantitative estimate of drug-likeness (QED) is 0.0369. The minimum Gasteiger partial charge on any atom is -0.394 e. The van der Waals surface area contributed by atoms with E-state index in [1.165, 1.54) is 6.07 Å². The van der Waals surface area contributed by atoms with E-state index in [-0.39, 0.29) is 38.0 Å². The van der Waals surface area contributed by atoms with Gasteiger partial charge in [0.1, 0.15) is 81.8 Å². The summed E-state index contributed by atoms with van der Waals surface area (Å²) in [5, 5.41) is 116. The minimum absolute atomic E-state index is 0.0348. The van der Waals surface area contributed by atoms with Gasteiger partial charge in [0.15, 0.2) is 12.6 Å². The summed E-state index contributed by atoms with van der Waals surface area (Å²) < 4.78 is 127. The molecule has 2 aliphatic heterocycles. The number of aliphatic hydroxyl groups is 11. The molecule has 0 bridgehead atoms. The largest absolute Gasteiger partial charge is 0.394 e. The maximum Gasteiger partial charge on any atom is 0.295 e. The molecular weight excluding hydrogens is 903 g/mol. The van der Waals surface area contributed by atoms with E-state index in [0.717, 1.165) is 24.3 Å². The van der Waals surface area contributed by atoms with Gasteiger partial charge in [-0.25, -0.2) is 0 Å². The van der Waals surface area contributed by atoms with Crippen LogP contribution in [0, 0.1) is 0 Å². The lowest BCUT2D eigenvalue weighted by Crippen LogP contribution is -2.65. The lowest BCUT2D eigenvalue weighted by atomic mass is 9.93. The number of aliphatic hydroxyl groups excluding tert-OH is 11. The first kappa shape index (κ1) is 48.3. The van der Waals surface area contributed by atoms with E-state index >= 15 is 0 Å². The minimum atomic E-state index is -5.21. The number of hydrogen-bond donors (Lipinski definition) is 15. The van der Waals surface area contributed by atoms with Crippen molar-refractivity contribution in [3.63, 3.8) is 0 Å². The van der Waals surface area contributed by atoms with E-state index < -0.39 is 157 Å². The third-order valence-electron chi connectivity index (χ3n) is 10.7. The standard InChI is InChI=1S/C34H43NO24S3/c36-8-17(40)31(58-34-30(46)28(44)32(19(10-38)57-34)59-33-29(45)27(43)26(42)18(9-37)56-33)25(41)16(39)7-35-15-5-20(60(47,48)49)12-3-4-14-22(62(53,54)55)6-21(61(50,51)52)13-2-1-11(15)23(12)24(13)14/h1-6,16-19,25-46H,7-10H2,(H,47,48,49)(H,50,51,52)(H,53,54,55)/t16-,17+,18+,19+,25+,26+,27-,28+,29+,30+,31+,32+,33+,34+/m0/s1. The number of rotatable bonds is 16. The van der Waals surface area contributed by atoms with Crippen LogP contribution in [0.25, 0.3) is 32.3 Å². The van der Waals surface area contributed by atoms with Crippen molar-refractivity contribution in [2.24, 2.45) is 0 Å². The van der Waals surface area contributed by atoms with Gasteiger partial charge < -0.3 is 80.4 Å². The number of benzene rings is 4. The first-order valence-electron chi connectivity index (χ1n) is 18.2. The van der Waals surface area contributed by atoms with Crippen molar-refractivity contribution in [3.05, 3.63) is 36.4 Å². The van der Waals surface area contributed by atoms with Gasteiger partial charge in [-0.2, -0.15) is 25.3 Å². The van der Waals surface area contributed by atoms with E-state index in [0.29, 0.717) is 6.07 Å². The molecule has 2 fully saturated rings. The summed E-state index contributed by atoms with van der Waals surface area (Å²) in [7, 11) is -15.6. The van der Waals surface area contributed by atoms with Crippen LogP contribution in [0.5, 0.6) is 0 Å². The van der Waals surface area contributed by atoms with Gasteiger partial charge in [-0.15, -0.1) is 0 Å². The molecule has 2 saturated heterocycles. The zero-order valence-electron chi connectivity index (χ0n) is 31.4. The molecule has 25 nitrogen and oxygen atoms in total. The zero-order valence-corrected chi connectivity index (χ0v) is 33.9.